The van der Waals surface area contributed by atoms with E-state index in [1.807, 2.05) is 31.3 Å². The molecular formula is C22H25N6O2+. The molecule has 0 saturated carbocycles. The summed E-state index contributed by atoms with van der Waals surface area (Å²) in [5.74, 6) is -0.188. The highest BCUT2D eigenvalue weighted by Crippen LogP contribution is 2.15. The topological polar surface area (TPSA) is 94.0 Å². The maximum atomic E-state index is 12.1. The van der Waals surface area contributed by atoms with Gasteiger partial charge in [-0.25, -0.2) is 4.98 Å². The zero-order valence-corrected chi connectivity index (χ0v) is 17.2. The summed E-state index contributed by atoms with van der Waals surface area (Å²) in [4.78, 5) is 37.7. The summed E-state index contributed by atoms with van der Waals surface area (Å²) < 4.78 is 2.15. The van der Waals surface area contributed by atoms with Gasteiger partial charge in [-0.1, -0.05) is 6.92 Å². The Bertz CT molecular complexity index is 1170. The zero-order valence-electron chi connectivity index (χ0n) is 17.2. The zero-order chi connectivity index (χ0) is 21.1. The van der Waals surface area contributed by atoms with E-state index in [0.717, 1.165) is 54.0 Å². The molecule has 3 aromatic heterocycles. The van der Waals surface area contributed by atoms with E-state index in [4.69, 9.17) is 0 Å². The van der Waals surface area contributed by atoms with Crippen LogP contribution >= 0.6 is 0 Å². The van der Waals surface area contributed by atoms with Crippen LogP contribution in [0.5, 0.6) is 0 Å². The van der Waals surface area contributed by atoms with Crippen LogP contribution in [0.15, 0.2) is 41.5 Å². The van der Waals surface area contributed by atoms with Gasteiger partial charge in [0.15, 0.2) is 12.8 Å². The predicted octanol–water partition coefficient (Wildman–Crippen LogP) is 1.47. The van der Waals surface area contributed by atoms with Gasteiger partial charge >= 0.3 is 0 Å². The molecule has 0 atom stereocenters. The average molecular weight is 405 g/mol. The van der Waals surface area contributed by atoms with Crippen molar-refractivity contribution >= 4 is 28.8 Å². The molecule has 1 aliphatic rings. The van der Waals surface area contributed by atoms with Crippen molar-refractivity contribution < 1.29 is 9.37 Å². The third kappa shape index (κ3) is 4.13. The lowest BCUT2D eigenvalue weighted by atomic mass is 10.1. The first-order valence-corrected chi connectivity index (χ1v) is 10.1. The number of rotatable bonds is 5. The molecule has 0 spiro atoms. The van der Waals surface area contributed by atoms with E-state index in [1.165, 1.54) is 0 Å². The molecule has 30 heavy (non-hydrogen) atoms. The van der Waals surface area contributed by atoms with Gasteiger partial charge in [-0.2, -0.15) is 4.58 Å². The highest BCUT2D eigenvalue weighted by atomic mass is 16.1. The van der Waals surface area contributed by atoms with E-state index in [2.05, 4.69) is 36.0 Å². The second-order valence-corrected chi connectivity index (χ2v) is 7.35. The molecule has 8 heteroatoms. The van der Waals surface area contributed by atoms with Gasteiger partial charge < -0.3 is 10.3 Å². The van der Waals surface area contributed by atoms with Crippen LogP contribution in [0, 0.1) is 0 Å². The van der Waals surface area contributed by atoms with Crippen molar-refractivity contribution in [1.82, 2.24) is 25.2 Å². The number of nitrogens with one attached hydrogen (secondary N) is 2. The largest absolute Gasteiger partial charge is 0.354 e. The van der Waals surface area contributed by atoms with Crippen LogP contribution in [-0.4, -0.2) is 63.2 Å². The molecule has 0 aromatic carbocycles. The van der Waals surface area contributed by atoms with Gasteiger partial charge in [-0.3, -0.25) is 19.5 Å². The molecule has 4 heterocycles. The number of carbonyl (C=O) groups excluding carboxylic acids is 1. The smallest absolute Gasteiger partial charge is 0.269 e. The predicted molar refractivity (Wildman–Crippen MR) is 115 cm³/mol. The number of nitrogens with zero attached hydrogens (tertiary/aromatic N) is 4. The third-order valence-corrected chi connectivity index (χ3v) is 5.37. The van der Waals surface area contributed by atoms with Gasteiger partial charge in [0.05, 0.1) is 30.3 Å². The molecule has 0 aliphatic carbocycles. The minimum absolute atomic E-state index is 0.0399. The van der Waals surface area contributed by atoms with E-state index in [0.29, 0.717) is 12.1 Å². The van der Waals surface area contributed by atoms with Crippen LogP contribution in [0.25, 0.3) is 11.0 Å². The lowest BCUT2D eigenvalue weighted by Crippen LogP contribution is -2.37. The van der Waals surface area contributed by atoms with Crippen molar-refractivity contribution in [2.24, 2.45) is 0 Å². The van der Waals surface area contributed by atoms with Gasteiger partial charge in [0.2, 0.25) is 5.69 Å². The molecule has 4 rings (SSSR count). The monoisotopic (exact) mass is 405 g/mol. The fourth-order valence-corrected chi connectivity index (χ4v) is 3.62. The van der Waals surface area contributed by atoms with Crippen molar-refractivity contribution in [3.8, 4) is 0 Å². The summed E-state index contributed by atoms with van der Waals surface area (Å²) in [6.45, 7) is 5.24. The quantitative estimate of drug-likeness (QED) is 0.627. The molecule has 0 unspecified atom stereocenters. The van der Waals surface area contributed by atoms with Crippen molar-refractivity contribution in [2.45, 2.75) is 19.9 Å². The minimum atomic E-state index is -0.188. The van der Waals surface area contributed by atoms with Crippen molar-refractivity contribution in [2.75, 3.05) is 26.7 Å². The summed E-state index contributed by atoms with van der Waals surface area (Å²) in [6, 6.07) is 7.53. The molecule has 8 nitrogen and oxygen atoms in total. The SMILES string of the molecule is CCc1cc2ncc(CN3CC=[N+](c4ccc(C(=O)NC)nc4)CC3)cc2[nH]c1=O. The Morgan fingerprint density at radius 2 is 2.13 bits per heavy atom. The molecule has 0 fully saturated rings. The van der Waals surface area contributed by atoms with Crippen LogP contribution in [0.2, 0.25) is 0 Å². The number of aromatic nitrogens is 3. The van der Waals surface area contributed by atoms with E-state index >= 15 is 0 Å². The highest BCUT2D eigenvalue weighted by Gasteiger charge is 2.20. The molecule has 3 aromatic rings. The number of pyridine rings is 3. The van der Waals surface area contributed by atoms with E-state index in [9.17, 15) is 9.59 Å². The maximum absolute atomic E-state index is 12.1. The molecule has 0 saturated heterocycles. The van der Waals surface area contributed by atoms with E-state index in [1.54, 1.807) is 19.3 Å². The molecule has 2 N–H and O–H groups in total. The Morgan fingerprint density at radius 1 is 1.27 bits per heavy atom. The highest BCUT2D eigenvalue weighted by molar-refractivity contribution is 5.92. The number of hydrogen-bond donors (Lipinski definition) is 2. The minimum Gasteiger partial charge on any atom is -0.354 e. The first kappa shape index (κ1) is 19.9. The number of H-pyrrole nitrogens is 1. The number of carbonyl (C=O) groups is 1. The molecule has 0 bridgehead atoms. The normalized spacial score (nSPS) is 14.5. The standard InChI is InChI=1S/C22H24N6O2/c1-3-16-11-19-20(26-21(16)29)10-15(12-24-19)14-27-6-8-28(9-7-27)17-4-5-18(25-13-17)22(30)23-2/h4-5,8,10-13H,3,6-7,9,14H2,1-2H3,(H-,23,26,29,30)/p+1. The summed E-state index contributed by atoms with van der Waals surface area (Å²) in [7, 11) is 1.59. The fourth-order valence-electron chi connectivity index (χ4n) is 3.62. The number of aryl methyl sites for hydroxylation is 1. The van der Waals surface area contributed by atoms with E-state index < -0.39 is 0 Å². The van der Waals surface area contributed by atoms with Crippen LogP contribution < -0.4 is 10.9 Å². The molecule has 1 aliphatic heterocycles. The van der Waals surface area contributed by atoms with Gasteiger partial charge in [0.1, 0.15) is 5.69 Å². The Labute approximate surface area is 174 Å². The summed E-state index contributed by atoms with van der Waals surface area (Å²) in [6.07, 6.45) is 6.43. The van der Waals surface area contributed by atoms with Crippen LogP contribution in [-0.2, 0) is 13.0 Å². The maximum Gasteiger partial charge on any atom is 0.269 e. The first-order chi connectivity index (χ1) is 14.6. The second-order valence-electron chi connectivity index (χ2n) is 7.35. The van der Waals surface area contributed by atoms with Crippen LogP contribution in [0.1, 0.15) is 28.5 Å². The van der Waals surface area contributed by atoms with E-state index in [-0.39, 0.29) is 11.5 Å². The van der Waals surface area contributed by atoms with Gasteiger partial charge in [0, 0.05) is 31.4 Å². The summed E-state index contributed by atoms with van der Waals surface area (Å²) in [5.41, 5.74) is 4.76. The number of hydrogen-bond acceptors (Lipinski definition) is 5. The molecule has 154 valence electrons. The number of aromatic amines is 1. The second kappa shape index (κ2) is 8.54. The van der Waals surface area contributed by atoms with Crippen LogP contribution in [0.4, 0.5) is 5.69 Å². The Morgan fingerprint density at radius 3 is 2.80 bits per heavy atom. The summed E-state index contributed by atoms with van der Waals surface area (Å²) in [5, 5.41) is 2.57. The fraction of sp³-hybridized carbons (Fsp3) is 0.318. The third-order valence-electron chi connectivity index (χ3n) is 5.37. The molecule has 0 radical (unpaired) electrons. The van der Waals surface area contributed by atoms with Crippen molar-refractivity contribution in [3.05, 3.63) is 63.8 Å². The Hall–Kier alpha value is -3.39. The van der Waals surface area contributed by atoms with Gasteiger partial charge in [-0.15, -0.1) is 0 Å². The Balaban J connectivity index is 1.44. The van der Waals surface area contributed by atoms with Gasteiger partial charge in [0.25, 0.3) is 11.5 Å². The first-order valence-electron chi connectivity index (χ1n) is 10.1. The molecular weight excluding hydrogens is 380 g/mol. The van der Waals surface area contributed by atoms with Gasteiger partial charge in [-0.05, 0) is 30.2 Å². The molecule has 1 amide bonds. The number of amides is 1. The van der Waals surface area contributed by atoms with Crippen molar-refractivity contribution in [3.63, 3.8) is 0 Å². The van der Waals surface area contributed by atoms with Crippen molar-refractivity contribution in [1.29, 1.82) is 0 Å². The number of fused-ring (bicyclic) bond motifs is 1. The Kier molecular flexibility index (Phi) is 5.67. The lowest BCUT2D eigenvalue weighted by Gasteiger charge is -2.22. The van der Waals surface area contributed by atoms with Crippen LogP contribution in [0.3, 0.4) is 0 Å². The summed E-state index contributed by atoms with van der Waals surface area (Å²) >= 11 is 0. The average Bonchev–Trinajstić information content (AvgIpc) is 2.78. The lowest BCUT2D eigenvalue weighted by molar-refractivity contribution is -0.444.